The number of rotatable bonds is 6. The minimum Gasteiger partial charge on any atom is -0.460 e. The number of hydrazone groups is 1. The Labute approximate surface area is 136 Å². The van der Waals surface area contributed by atoms with E-state index in [-0.39, 0.29) is 13.0 Å². The third kappa shape index (κ3) is 4.25. The fourth-order valence-electron chi connectivity index (χ4n) is 1.65. The van der Waals surface area contributed by atoms with Gasteiger partial charge in [-0.3, -0.25) is 10.2 Å². The normalized spacial score (nSPS) is 11.5. The van der Waals surface area contributed by atoms with Gasteiger partial charge in [0.2, 0.25) is 10.9 Å². The largest absolute Gasteiger partial charge is 0.460 e. The summed E-state index contributed by atoms with van der Waals surface area (Å²) in [6.07, 6.45) is -0.0947. The van der Waals surface area contributed by atoms with Crippen molar-refractivity contribution in [2.75, 3.05) is 12.0 Å². The fourth-order valence-corrected chi connectivity index (χ4v) is 2.73. The first-order chi connectivity index (χ1) is 10.5. The van der Waals surface area contributed by atoms with Crippen molar-refractivity contribution in [3.63, 3.8) is 0 Å². The van der Waals surface area contributed by atoms with E-state index in [4.69, 9.17) is 11.6 Å². The lowest BCUT2D eigenvalue weighted by atomic mass is 10.2. The third-order valence-corrected chi connectivity index (χ3v) is 3.77. The molecule has 1 N–H and O–H groups in total. The number of ketones is 1. The maximum absolute atomic E-state index is 11.5. The first kappa shape index (κ1) is 16.4. The molecule has 0 radical (unpaired) electrons. The number of nitrogens with one attached hydrogen (secondary N) is 1. The van der Waals surface area contributed by atoms with Crippen LogP contribution in [0, 0.1) is 0 Å². The Balaban J connectivity index is 2.00. The molecule has 0 unspecified atom stereocenters. The number of thiazole rings is 1. The maximum Gasteiger partial charge on any atom is 0.374 e. The molecule has 0 atom stereocenters. The van der Waals surface area contributed by atoms with E-state index in [0.29, 0.717) is 15.9 Å². The summed E-state index contributed by atoms with van der Waals surface area (Å²) in [5.74, 6) is -1.47. The molecular weight excluding hydrogens is 326 g/mol. The number of aromatic nitrogens is 1. The summed E-state index contributed by atoms with van der Waals surface area (Å²) in [6, 6.07) is 5.40. The van der Waals surface area contributed by atoms with Crippen LogP contribution < -0.4 is 5.43 Å². The predicted octanol–water partition coefficient (Wildman–Crippen LogP) is 3.26. The van der Waals surface area contributed by atoms with Gasteiger partial charge in [0, 0.05) is 10.7 Å². The molecule has 8 heteroatoms. The number of ether oxygens (including phenoxy) is 1. The summed E-state index contributed by atoms with van der Waals surface area (Å²) >= 11 is 7.31. The van der Waals surface area contributed by atoms with Crippen LogP contribution in [0.2, 0.25) is 5.02 Å². The summed E-state index contributed by atoms with van der Waals surface area (Å²) in [6.45, 7) is 3.47. The second-order valence-electron chi connectivity index (χ2n) is 4.41. The van der Waals surface area contributed by atoms with Gasteiger partial charge in [-0.2, -0.15) is 5.10 Å². The molecule has 0 amide bonds. The molecule has 116 valence electrons. The van der Waals surface area contributed by atoms with Gasteiger partial charge < -0.3 is 4.74 Å². The second-order valence-corrected chi connectivity index (χ2v) is 5.88. The highest BCUT2D eigenvalue weighted by molar-refractivity contribution is 7.22. The molecule has 1 aromatic carbocycles. The number of nitrogens with zero attached hydrogens (tertiary/aromatic N) is 2. The van der Waals surface area contributed by atoms with Crippen LogP contribution in [0.3, 0.4) is 0 Å². The molecule has 0 aliphatic rings. The number of esters is 1. The van der Waals surface area contributed by atoms with Crippen molar-refractivity contribution in [2.45, 2.75) is 20.3 Å². The Morgan fingerprint density at radius 2 is 2.23 bits per heavy atom. The summed E-state index contributed by atoms with van der Waals surface area (Å²) in [5, 5.41) is 5.27. The van der Waals surface area contributed by atoms with Crippen molar-refractivity contribution in [3.8, 4) is 0 Å². The molecule has 0 saturated heterocycles. The Morgan fingerprint density at radius 3 is 2.95 bits per heavy atom. The molecule has 22 heavy (non-hydrogen) atoms. The van der Waals surface area contributed by atoms with Crippen LogP contribution in [-0.4, -0.2) is 29.1 Å². The van der Waals surface area contributed by atoms with Crippen LogP contribution >= 0.6 is 22.9 Å². The van der Waals surface area contributed by atoms with Crippen molar-refractivity contribution >= 4 is 55.8 Å². The van der Waals surface area contributed by atoms with Crippen LogP contribution in [0.15, 0.2) is 23.3 Å². The maximum atomic E-state index is 11.5. The lowest BCUT2D eigenvalue weighted by molar-refractivity contribution is -0.152. The number of fused-ring (bicyclic) bond motifs is 1. The second kappa shape index (κ2) is 7.33. The van der Waals surface area contributed by atoms with Gasteiger partial charge in [-0.25, -0.2) is 9.78 Å². The molecular formula is C14H14ClN3O3S. The fraction of sp³-hybridized carbons (Fsp3) is 0.286. The summed E-state index contributed by atoms with van der Waals surface area (Å²) in [7, 11) is 0. The van der Waals surface area contributed by atoms with Gasteiger partial charge >= 0.3 is 5.97 Å². The van der Waals surface area contributed by atoms with Crippen molar-refractivity contribution in [3.05, 3.63) is 23.2 Å². The molecule has 2 rings (SSSR count). The number of carbonyl (C=O) groups excluding carboxylic acids is 2. The molecule has 0 aliphatic carbocycles. The van der Waals surface area contributed by atoms with Crippen LogP contribution in [0.5, 0.6) is 0 Å². The third-order valence-electron chi connectivity index (χ3n) is 2.61. The molecule has 2 aromatic rings. The van der Waals surface area contributed by atoms with E-state index in [9.17, 15) is 9.59 Å². The van der Waals surface area contributed by atoms with Crippen LogP contribution in [-0.2, 0) is 14.3 Å². The number of benzene rings is 1. The van der Waals surface area contributed by atoms with Crippen LogP contribution in [0.25, 0.3) is 10.2 Å². The molecule has 0 bridgehead atoms. The molecule has 6 nitrogen and oxygen atoms in total. The Hall–Kier alpha value is -1.99. The lowest BCUT2D eigenvalue weighted by Gasteiger charge is -2.01. The van der Waals surface area contributed by atoms with E-state index >= 15 is 0 Å². The Kier molecular flexibility index (Phi) is 5.46. The first-order valence-corrected chi connectivity index (χ1v) is 7.74. The predicted molar refractivity (Wildman–Crippen MR) is 87.6 cm³/mol. The SMILES string of the molecule is CCOC(=O)C(=O)C/C(C)=N\Nc1nc2ccc(Cl)cc2s1. The first-order valence-electron chi connectivity index (χ1n) is 6.54. The van der Waals surface area contributed by atoms with E-state index in [0.717, 1.165) is 10.2 Å². The molecule has 0 spiro atoms. The van der Waals surface area contributed by atoms with Gasteiger partial charge in [0.05, 0.1) is 23.2 Å². The molecule has 0 fully saturated rings. The van der Waals surface area contributed by atoms with E-state index in [1.165, 1.54) is 11.3 Å². The van der Waals surface area contributed by atoms with Gasteiger partial charge in [0.15, 0.2) is 0 Å². The summed E-state index contributed by atoms with van der Waals surface area (Å²) in [5.41, 5.74) is 4.06. The zero-order valence-corrected chi connectivity index (χ0v) is 13.6. The number of hydrogen-bond donors (Lipinski definition) is 1. The highest BCUT2D eigenvalue weighted by Gasteiger charge is 2.15. The lowest BCUT2D eigenvalue weighted by Crippen LogP contribution is -2.20. The summed E-state index contributed by atoms with van der Waals surface area (Å²) < 4.78 is 5.57. The number of hydrogen-bond acceptors (Lipinski definition) is 7. The zero-order valence-electron chi connectivity index (χ0n) is 12.1. The highest BCUT2D eigenvalue weighted by Crippen LogP contribution is 2.28. The van der Waals surface area contributed by atoms with E-state index in [2.05, 4.69) is 20.2 Å². The van der Waals surface area contributed by atoms with Crippen LogP contribution in [0.1, 0.15) is 20.3 Å². The molecule has 0 aliphatic heterocycles. The molecule has 0 saturated carbocycles. The minimum atomic E-state index is -0.841. The Morgan fingerprint density at radius 1 is 1.45 bits per heavy atom. The van der Waals surface area contributed by atoms with Crippen molar-refractivity contribution in [2.24, 2.45) is 5.10 Å². The standard InChI is InChI=1S/C14H14ClN3O3S/c1-3-21-13(20)11(19)6-8(2)17-18-14-16-10-5-4-9(15)7-12(10)22-14/h4-5,7H,3,6H2,1-2H3,(H,16,18)/b17-8-. The Bertz CT molecular complexity index is 742. The number of anilines is 1. The quantitative estimate of drug-likeness (QED) is 0.378. The monoisotopic (exact) mass is 339 g/mol. The zero-order chi connectivity index (χ0) is 16.1. The highest BCUT2D eigenvalue weighted by atomic mass is 35.5. The van der Waals surface area contributed by atoms with Crippen molar-refractivity contribution < 1.29 is 14.3 Å². The average molecular weight is 340 g/mol. The van der Waals surface area contributed by atoms with Gasteiger partial charge in [0.25, 0.3) is 0 Å². The van der Waals surface area contributed by atoms with Crippen molar-refractivity contribution in [1.29, 1.82) is 0 Å². The average Bonchev–Trinajstić information content (AvgIpc) is 2.87. The molecule has 1 heterocycles. The van der Waals surface area contributed by atoms with E-state index < -0.39 is 11.8 Å². The summed E-state index contributed by atoms with van der Waals surface area (Å²) in [4.78, 5) is 27.1. The minimum absolute atomic E-state index is 0.0947. The van der Waals surface area contributed by atoms with Gasteiger partial charge in [0.1, 0.15) is 0 Å². The topological polar surface area (TPSA) is 80.7 Å². The van der Waals surface area contributed by atoms with Crippen molar-refractivity contribution in [1.82, 2.24) is 4.98 Å². The van der Waals surface area contributed by atoms with E-state index in [1.807, 2.05) is 12.1 Å². The smallest absolute Gasteiger partial charge is 0.374 e. The van der Waals surface area contributed by atoms with E-state index in [1.54, 1.807) is 19.9 Å². The number of halogens is 1. The van der Waals surface area contributed by atoms with Gasteiger partial charge in [-0.1, -0.05) is 22.9 Å². The van der Waals surface area contributed by atoms with Gasteiger partial charge in [-0.15, -0.1) is 0 Å². The molecule has 1 aromatic heterocycles. The van der Waals surface area contributed by atoms with Gasteiger partial charge in [-0.05, 0) is 32.0 Å². The van der Waals surface area contributed by atoms with Crippen LogP contribution in [0.4, 0.5) is 5.13 Å². The number of carbonyl (C=O) groups is 2. The number of Topliss-reactive ketones (excluding diaryl/α,β-unsaturated/α-hetero) is 1.